The van der Waals surface area contributed by atoms with Crippen molar-refractivity contribution in [2.24, 2.45) is 0 Å². The van der Waals surface area contributed by atoms with Crippen molar-refractivity contribution in [1.82, 2.24) is 5.32 Å². The molecule has 2 N–H and O–H groups in total. The Morgan fingerprint density at radius 3 is 2.50 bits per heavy atom. The molecule has 1 amide bonds. The number of thiophene rings is 1. The third-order valence-electron chi connectivity index (χ3n) is 2.78. The van der Waals surface area contributed by atoms with E-state index in [-0.39, 0.29) is 5.91 Å². The van der Waals surface area contributed by atoms with E-state index in [0.717, 1.165) is 5.56 Å². The zero-order valence-corrected chi connectivity index (χ0v) is 12.0. The van der Waals surface area contributed by atoms with E-state index in [1.807, 2.05) is 12.3 Å². The second-order valence-corrected chi connectivity index (χ2v) is 5.32. The van der Waals surface area contributed by atoms with Crippen molar-refractivity contribution in [3.8, 4) is 0 Å². The number of nitrogens with one attached hydrogen (secondary N) is 2. The molecule has 0 atom stereocenters. The molecule has 0 unspecified atom stereocenters. The minimum absolute atomic E-state index is 0.198. The van der Waals surface area contributed by atoms with Crippen LogP contribution in [-0.2, 0) is 9.53 Å². The summed E-state index contributed by atoms with van der Waals surface area (Å²) in [6.07, 6.45) is 0. The van der Waals surface area contributed by atoms with Crippen LogP contribution in [0.5, 0.6) is 0 Å². The minimum atomic E-state index is -0.707. The van der Waals surface area contributed by atoms with Gasteiger partial charge in [0.15, 0.2) is 0 Å². The number of carbonyl (C=O) groups excluding carboxylic acids is 2. The molecule has 1 aromatic heterocycles. The monoisotopic (exact) mass is 270 g/mol. The van der Waals surface area contributed by atoms with Crippen molar-refractivity contribution in [3.63, 3.8) is 0 Å². The van der Waals surface area contributed by atoms with Gasteiger partial charge in [0.1, 0.15) is 4.88 Å². The zero-order chi connectivity index (χ0) is 13.9. The quantitative estimate of drug-likeness (QED) is 0.818. The van der Waals surface area contributed by atoms with Gasteiger partial charge in [-0.05, 0) is 38.8 Å². The van der Waals surface area contributed by atoms with E-state index in [1.165, 1.54) is 18.4 Å². The molecule has 100 valence electrons. The molecule has 6 heteroatoms. The van der Waals surface area contributed by atoms with E-state index < -0.39 is 11.5 Å². The standard InChI is InChI=1S/C12H18N2O3S/c1-7-6-18-9(10(15)17-5)8(7)14-11(16)12(2,3)13-4/h6,13H,1-5H3,(H,14,16). The van der Waals surface area contributed by atoms with Crippen LogP contribution in [0, 0.1) is 6.92 Å². The number of likely N-dealkylation sites (N-methyl/N-ethyl adjacent to an activating group) is 1. The van der Waals surface area contributed by atoms with Crippen LogP contribution in [0.2, 0.25) is 0 Å². The van der Waals surface area contributed by atoms with Gasteiger partial charge in [0, 0.05) is 0 Å². The fraction of sp³-hybridized carbons (Fsp3) is 0.500. The van der Waals surface area contributed by atoms with E-state index in [9.17, 15) is 9.59 Å². The summed E-state index contributed by atoms with van der Waals surface area (Å²) >= 11 is 1.26. The van der Waals surface area contributed by atoms with Gasteiger partial charge in [0.25, 0.3) is 0 Å². The molecule has 0 saturated carbocycles. The average molecular weight is 270 g/mol. The largest absolute Gasteiger partial charge is 0.465 e. The van der Waals surface area contributed by atoms with Gasteiger partial charge in [-0.2, -0.15) is 0 Å². The number of hydrogen-bond donors (Lipinski definition) is 2. The molecule has 1 heterocycles. The first-order valence-corrected chi connectivity index (χ1v) is 6.38. The Morgan fingerprint density at radius 1 is 1.39 bits per heavy atom. The molecule has 0 aliphatic carbocycles. The second-order valence-electron chi connectivity index (χ2n) is 4.44. The molecule has 0 aliphatic rings. The van der Waals surface area contributed by atoms with Crippen LogP contribution in [0.15, 0.2) is 5.38 Å². The van der Waals surface area contributed by atoms with Gasteiger partial charge in [0.05, 0.1) is 18.3 Å². The molecule has 5 nitrogen and oxygen atoms in total. The summed E-state index contributed by atoms with van der Waals surface area (Å²) in [7, 11) is 3.03. The summed E-state index contributed by atoms with van der Waals surface area (Å²) in [5.41, 5.74) is 0.669. The number of hydrogen-bond acceptors (Lipinski definition) is 5. The van der Waals surface area contributed by atoms with Gasteiger partial charge in [-0.15, -0.1) is 11.3 Å². The number of methoxy groups -OCH3 is 1. The molecule has 18 heavy (non-hydrogen) atoms. The molecular formula is C12H18N2O3S. The molecule has 0 fully saturated rings. The third kappa shape index (κ3) is 2.88. The van der Waals surface area contributed by atoms with Crippen molar-refractivity contribution in [3.05, 3.63) is 15.8 Å². The summed E-state index contributed by atoms with van der Waals surface area (Å²) in [6.45, 7) is 5.37. The zero-order valence-electron chi connectivity index (χ0n) is 11.2. The highest BCUT2D eigenvalue weighted by molar-refractivity contribution is 7.12. The van der Waals surface area contributed by atoms with E-state index in [2.05, 4.69) is 15.4 Å². The molecule has 0 radical (unpaired) electrons. The van der Waals surface area contributed by atoms with E-state index in [0.29, 0.717) is 10.6 Å². The number of aryl methyl sites for hydroxylation is 1. The topological polar surface area (TPSA) is 67.4 Å². The summed E-state index contributed by atoms with van der Waals surface area (Å²) in [5, 5.41) is 7.50. The number of esters is 1. The predicted octanol–water partition coefficient (Wildman–Crippen LogP) is 1.78. The predicted molar refractivity (Wildman–Crippen MR) is 72.2 cm³/mol. The van der Waals surface area contributed by atoms with Gasteiger partial charge in [-0.1, -0.05) is 0 Å². The smallest absolute Gasteiger partial charge is 0.350 e. The lowest BCUT2D eigenvalue weighted by atomic mass is 10.0. The van der Waals surface area contributed by atoms with Crippen LogP contribution < -0.4 is 10.6 Å². The summed E-state index contributed by atoms with van der Waals surface area (Å²) in [5.74, 6) is -0.637. The molecule has 0 bridgehead atoms. The normalized spacial score (nSPS) is 11.2. The van der Waals surface area contributed by atoms with Crippen molar-refractivity contribution in [1.29, 1.82) is 0 Å². The first-order valence-electron chi connectivity index (χ1n) is 5.50. The van der Waals surface area contributed by atoms with Crippen LogP contribution in [0.4, 0.5) is 5.69 Å². The van der Waals surface area contributed by atoms with Crippen LogP contribution >= 0.6 is 11.3 Å². The van der Waals surface area contributed by atoms with E-state index >= 15 is 0 Å². The van der Waals surface area contributed by atoms with Crippen LogP contribution in [0.25, 0.3) is 0 Å². The molecule has 0 spiro atoms. The Hall–Kier alpha value is -1.40. The van der Waals surface area contributed by atoms with Gasteiger partial charge in [-0.25, -0.2) is 4.79 Å². The first-order chi connectivity index (χ1) is 8.33. The van der Waals surface area contributed by atoms with Gasteiger partial charge in [-0.3, -0.25) is 4.79 Å². The highest BCUT2D eigenvalue weighted by Crippen LogP contribution is 2.28. The van der Waals surface area contributed by atoms with Crippen LogP contribution in [0.3, 0.4) is 0 Å². The van der Waals surface area contributed by atoms with E-state index in [1.54, 1.807) is 20.9 Å². The van der Waals surface area contributed by atoms with Crippen molar-refractivity contribution in [2.45, 2.75) is 26.3 Å². The highest BCUT2D eigenvalue weighted by atomic mass is 32.1. The number of anilines is 1. The fourth-order valence-electron chi connectivity index (χ4n) is 1.23. The number of amides is 1. The summed E-state index contributed by atoms with van der Waals surface area (Å²) < 4.78 is 4.69. The maximum Gasteiger partial charge on any atom is 0.350 e. The number of carbonyl (C=O) groups is 2. The SMILES string of the molecule is CNC(C)(C)C(=O)Nc1c(C)csc1C(=O)OC. The van der Waals surface area contributed by atoms with Crippen LogP contribution in [0.1, 0.15) is 29.1 Å². The molecule has 0 saturated heterocycles. The molecule has 0 aliphatic heterocycles. The maximum atomic E-state index is 12.1. The van der Waals surface area contributed by atoms with Crippen molar-refractivity contribution >= 4 is 28.9 Å². The Morgan fingerprint density at radius 2 is 2.00 bits per heavy atom. The molecular weight excluding hydrogens is 252 g/mol. The number of ether oxygens (including phenoxy) is 1. The summed E-state index contributed by atoms with van der Waals surface area (Å²) in [4.78, 5) is 24.0. The van der Waals surface area contributed by atoms with Gasteiger partial charge in [0.2, 0.25) is 5.91 Å². The average Bonchev–Trinajstić information content (AvgIpc) is 2.70. The van der Waals surface area contributed by atoms with Gasteiger partial charge >= 0.3 is 5.97 Å². The molecule has 0 aromatic carbocycles. The lowest BCUT2D eigenvalue weighted by molar-refractivity contribution is -0.121. The minimum Gasteiger partial charge on any atom is -0.465 e. The molecule has 1 rings (SSSR count). The van der Waals surface area contributed by atoms with Crippen molar-refractivity contribution < 1.29 is 14.3 Å². The Kier molecular flexibility index (Phi) is 4.48. The highest BCUT2D eigenvalue weighted by Gasteiger charge is 2.27. The van der Waals surface area contributed by atoms with Crippen molar-refractivity contribution in [2.75, 3.05) is 19.5 Å². The molecule has 1 aromatic rings. The number of rotatable bonds is 4. The van der Waals surface area contributed by atoms with Crippen LogP contribution in [-0.4, -0.2) is 31.6 Å². The Bertz CT molecular complexity index is 466. The van der Waals surface area contributed by atoms with E-state index in [4.69, 9.17) is 0 Å². The lowest BCUT2D eigenvalue weighted by Crippen LogP contribution is -2.48. The Balaban J connectivity index is 3.01. The third-order valence-corrected chi connectivity index (χ3v) is 3.85. The fourth-order valence-corrected chi connectivity index (χ4v) is 2.15. The summed E-state index contributed by atoms with van der Waals surface area (Å²) in [6, 6.07) is 0. The maximum absolute atomic E-state index is 12.1. The van der Waals surface area contributed by atoms with Gasteiger partial charge < -0.3 is 15.4 Å². The Labute approximate surface area is 111 Å². The second kappa shape index (κ2) is 5.49. The lowest BCUT2D eigenvalue weighted by Gasteiger charge is -2.23. The first kappa shape index (κ1) is 14.7.